The van der Waals surface area contributed by atoms with Crippen molar-refractivity contribution in [2.24, 2.45) is 7.05 Å². The predicted octanol–water partition coefficient (Wildman–Crippen LogP) is 4.75. The van der Waals surface area contributed by atoms with Gasteiger partial charge in [-0.2, -0.15) is 23.4 Å². The fraction of sp³-hybridized carbons (Fsp3) is 0.130. The first kappa shape index (κ1) is 22.0. The Morgan fingerprint density at radius 2 is 1.70 bits per heavy atom. The van der Waals surface area contributed by atoms with E-state index in [0.29, 0.717) is 5.69 Å². The molecule has 2 aromatic heterocycles. The Labute approximate surface area is 186 Å². The first-order valence-electron chi connectivity index (χ1n) is 9.82. The molecule has 0 aliphatic carbocycles. The molecule has 0 unspecified atom stereocenters. The predicted molar refractivity (Wildman–Crippen MR) is 115 cm³/mol. The molecule has 2 aromatic carbocycles. The highest BCUT2D eigenvalue weighted by molar-refractivity contribution is 6.05. The van der Waals surface area contributed by atoms with Gasteiger partial charge >= 0.3 is 6.18 Å². The van der Waals surface area contributed by atoms with E-state index in [1.54, 1.807) is 37.4 Å². The molecule has 0 spiro atoms. The number of anilines is 1. The van der Waals surface area contributed by atoms with E-state index >= 15 is 0 Å². The fourth-order valence-electron chi connectivity index (χ4n) is 3.30. The van der Waals surface area contributed by atoms with Crippen LogP contribution in [0.1, 0.15) is 33.3 Å². The summed E-state index contributed by atoms with van der Waals surface area (Å²) < 4.78 is 43.4. The van der Waals surface area contributed by atoms with Gasteiger partial charge in [-0.1, -0.05) is 18.2 Å². The van der Waals surface area contributed by atoms with Gasteiger partial charge < -0.3 is 5.32 Å². The van der Waals surface area contributed by atoms with Gasteiger partial charge in [-0.05, 0) is 36.4 Å². The minimum atomic E-state index is -4.62. The maximum Gasteiger partial charge on any atom is 0.417 e. The number of halogens is 3. The molecule has 4 aromatic rings. The second-order valence-electron chi connectivity index (χ2n) is 7.31. The van der Waals surface area contributed by atoms with Crippen LogP contribution in [0.2, 0.25) is 0 Å². The lowest BCUT2D eigenvalue weighted by atomic mass is 10.0. The average molecular weight is 453 g/mol. The number of ketones is 1. The summed E-state index contributed by atoms with van der Waals surface area (Å²) in [6, 6.07) is 14.8. The summed E-state index contributed by atoms with van der Waals surface area (Å²) in [5.41, 5.74) is -0.290. The fourth-order valence-corrected chi connectivity index (χ4v) is 3.30. The van der Waals surface area contributed by atoms with Crippen molar-refractivity contribution in [3.63, 3.8) is 0 Å². The Kier molecular flexibility index (Phi) is 5.59. The average Bonchev–Trinajstić information content (AvgIpc) is 3.40. The number of Topliss-reactive ketones (excluding diaryl/α,β-unsaturated/α-hetero) is 1. The summed E-state index contributed by atoms with van der Waals surface area (Å²) in [5, 5.41) is 10.9. The Balaban J connectivity index is 1.73. The summed E-state index contributed by atoms with van der Waals surface area (Å²) in [4.78, 5) is 24.8. The zero-order valence-corrected chi connectivity index (χ0v) is 17.6. The Bertz CT molecular complexity index is 1340. The molecular formula is C23H18F3N5O2. The van der Waals surface area contributed by atoms with E-state index in [1.165, 1.54) is 34.6 Å². The molecule has 33 heavy (non-hydrogen) atoms. The molecule has 1 N–H and O–H groups in total. The van der Waals surface area contributed by atoms with Crippen molar-refractivity contribution in [2.45, 2.75) is 13.1 Å². The minimum Gasteiger partial charge on any atom is -0.306 e. The number of para-hydroxylation sites is 1. The number of hydrogen-bond donors (Lipinski definition) is 1. The molecule has 0 atom stereocenters. The number of alkyl halides is 3. The van der Waals surface area contributed by atoms with Crippen LogP contribution in [0.15, 0.2) is 66.9 Å². The molecule has 0 aliphatic rings. The van der Waals surface area contributed by atoms with E-state index in [4.69, 9.17) is 0 Å². The molecular weight excluding hydrogens is 435 g/mol. The number of nitrogens with one attached hydrogen (secondary N) is 1. The number of aryl methyl sites for hydroxylation is 1. The molecule has 2 heterocycles. The lowest BCUT2D eigenvalue weighted by molar-refractivity contribution is -0.137. The SMILES string of the molecule is CC(=O)c1cc(NC(=O)c2ccc(C(F)(F)F)c(-c3ccn(C)n3)c2)n(-c2ccccc2)n1. The van der Waals surface area contributed by atoms with Gasteiger partial charge in [0.25, 0.3) is 5.91 Å². The van der Waals surface area contributed by atoms with Crippen LogP contribution in [0.3, 0.4) is 0 Å². The second-order valence-corrected chi connectivity index (χ2v) is 7.31. The summed E-state index contributed by atoms with van der Waals surface area (Å²) in [7, 11) is 1.59. The lowest BCUT2D eigenvalue weighted by Crippen LogP contribution is -2.16. The van der Waals surface area contributed by atoms with Gasteiger partial charge in [-0.15, -0.1) is 0 Å². The first-order valence-corrected chi connectivity index (χ1v) is 9.82. The second kappa shape index (κ2) is 8.38. The van der Waals surface area contributed by atoms with Crippen molar-refractivity contribution < 1.29 is 22.8 Å². The maximum absolute atomic E-state index is 13.6. The van der Waals surface area contributed by atoms with Gasteiger partial charge in [0, 0.05) is 37.4 Å². The molecule has 0 saturated heterocycles. The van der Waals surface area contributed by atoms with Crippen molar-refractivity contribution in [1.82, 2.24) is 19.6 Å². The molecule has 0 bridgehead atoms. The molecule has 10 heteroatoms. The van der Waals surface area contributed by atoms with Crippen LogP contribution in [0, 0.1) is 0 Å². The van der Waals surface area contributed by atoms with Crippen molar-refractivity contribution in [1.29, 1.82) is 0 Å². The van der Waals surface area contributed by atoms with Gasteiger partial charge in [0.15, 0.2) is 5.78 Å². The van der Waals surface area contributed by atoms with E-state index in [2.05, 4.69) is 15.5 Å². The third kappa shape index (κ3) is 4.54. The Morgan fingerprint density at radius 3 is 2.30 bits per heavy atom. The van der Waals surface area contributed by atoms with Crippen molar-refractivity contribution >= 4 is 17.5 Å². The number of hydrogen-bond acceptors (Lipinski definition) is 4. The highest BCUT2D eigenvalue weighted by atomic mass is 19.4. The number of carbonyl (C=O) groups is 2. The summed E-state index contributed by atoms with van der Waals surface area (Å²) in [6.45, 7) is 1.35. The van der Waals surface area contributed by atoms with E-state index < -0.39 is 17.6 Å². The smallest absolute Gasteiger partial charge is 0.306 e. The number of nitrogens with zero attached hydrogens (tertiary/aromatic N) is 4. The van der Waals surface area contributed by atoms with Gasteiger partial charge in [-0.25, -0.2) is 4.68 Å². The standard InChI is InChI=1S/C23H18F3N5O2/c1-14(32)20-13-21(31(29-20)16-6-4-3-5-7-16)27-22(33)15-8-9-18(23(24,25)26)17(12-15)19-10-11-30(2)28-19/h3-13H,1-2H3,(H,27,33). The number of carbonyl (C=O) groups excluding carboxylic acids is 2. The molecule has 1 amide bonds. The van der Waals surface area contributed by atoms with Crippen LogP contribution in [-0.4, -0.2) is 31.3 Å². The van der Waals surface area contributed by atoms with Gasteiger partial charge in [0.2, 0.25) is 0 Å². The highest BCUT2D eigenvalue weighted by Crippen LogP contribution is 2.37. The van der Waals surface area contributed by atoms with E-state index in [9.17, 15) is 22.8 Å². The molecule has 0 fully saturated rings. The number of rotatable bonds is 5. The van der Waals surface area contributed by atoms with Gasteiger partial charge in [0.05, 0.1) is 16.9 Å². The van der Waals surface area contributed by atoms with E-state index in [-0.39, 0.29) is 34.1 Å². The van der Waals surface area contributed by atoms with Crippen molar-refractivity contribution in [3.8, 4) is 16.9 Å². The maximum atomic E-state index is 13.6. The molecule has 7 nitrogen and oxygen atoms in total. The molecule has 4 rings (SSSR count). The quantitative estimate of drug-likeness (QED) is 0.443. The number of amides is 1. The minimum absolute atomic E-state index is 0.00570. The highest BCUT2D eigenvalue weighted by Gasteiger charge is 2.34. The molecule has 0 saturated carbocycles. The Morgan fingerprint density at radius 1 is 0.970 bits per heavy atom. The van der Waals surface area contributed by atoms with Gasteiger partial charge in [0.1, 0.15) is 11.5 Å². The third-order valence-corrected chi connectivity index (χ3v) is 4.89. The lowest BCUT2D eigenvalue weighted by Gasteiger charge is -2.14. The number of benzene rings is 2. The zero-order chi connectivity index (χ0) is 23.8. The van der Waals surface area contributed by atoms with E-state index in [1.807, 2.05) is 0 Å². The van der Waals surface area contributed by atoms with Crippen LogP contribution in [0.4, 0.5) is 19.0 Å². The topological polar surface area (TPSA) is 81.8 Å². The first-order chi connectivity index (χ1) is 15.6. The summed E-state index contributed by atoms with van der Waals surface area (Å²) in [5.74, 6) is -0.754. The normalized spacial score (nSPS) is 11.4. The zero-order valence-electron chi connectivity index (χ0n) is 17.6. The molecule has 0 radical (unpaired) electrons. The van der Waals surface area contributed by atoms with Crippen molar-refractivity contribution in [3.05, 3.63) is 83.7 Å². The van der Waals surface area contributed by atoms with Crippen LogP contribution in [0.5, 0.6) is 0 Å². The van der Waals surface area contributed by atoms with Crippen LogP contribution < -0.4 is 5.32 Å². The van der Waals surface area contributed by atoms with Crippen LogP contribution in [0.25, 0.3) is 16.9 Å². The monoisotopic (exact) mass is 453 g/mol. The van der Waals surface area contributed by atoms with Crippen LogP contribution in [-0.2, 0) is 13.2 Å². The van der Waals surface area contributed by atoms with E-state index in [0.717, 1.165) is 18.2 Å². The largest absolute Gasteiger partial charge is 0.417 e. The third-order valence-electron chi connectivity index (χ3n) is 4.89. The van der Waals surface area contributed by atoms with Crippen molar-refractivity contribution in [2.75, 3.05) is 5.32 Å². The summed E-state index contributed by atoms with van der Waals surface area (Å²) in [6.07, 6.45) is -3.10. The molecule has 0 aliphatic heterocycles. The van der Waals surface area contributed by atoms with Crippen LogP contribution >= 0.6 is 0 Å². The Hall–Kier alpha value is -4.21. The summed E-state index contributed by atoms with van der Waals surface area (Å²) >= 11 is 0. The van der Waals surface area contributed by atoms with Gasteiger partial charge in [-0.3, -0.25) is 14.3 Å². The molecule has 168 valence electrons. The number of aromatic nitrogens is 4.